The number of carboxylic acids is 1. The standard InChI is InChI=1S/C13H15NO3.C10H13NO.Na.H/c1-10-5-3-6-12(9-10)7-4-8-17-14-11(2)13(15)16;1-9-4-2-5-10(8-9)6-3-7-12-11;;/h3-7,9H,8H2,1-2H3,(H,15,16);2-6,8H,7,11H2,1H3;;/b7-4+,14-11-;6-3+;;. The summed E-state index contributed by atoms with van der Waals surface area (Å²) in [5.74, 6) is 3.80. The summed E-state index contributed by atoms with van der Waals surface area (Å²) < 4.78 is 0. The third kappa shape index (κ3) is 13.1. The number of oxime groups is 1. The van der Waals surface area contributed by atoms with Crippen LogP contribution in [0, 0.1) is 13.8 Å². The van der Waals surface area contributed by atoms with Crippen LogP contribution in [0.1, 0.15) is 29.2 Å². The molecule has 30 heavy (non-hydrogen) atoms. The van der Waals surface area contributed by atoms with Crippen molar-refractivity contribution >= 4 is 53.4 Å². The summed E-state index contributed by atoms with van der Waals surface area (Å²) in [7, 11) is 0. The van der Waals surface area contributed by atoms with E-state index in [0.717, 1.165) is 5.56 Å². The van der Waals surface area contributed by atoms with Crippen molar-refractivity contribution in [2.45, 2.75) is 20.8 Å². The van der Waals surface area contributed by atoms with E-state index in [-0.39, 0.29) is 41.9 Å². The summed E-state index contributed by atoms with van der Waals surface area (Å²) in [4.78, 5) is 19.6. The van der Waals surface area contributed by atoms with Gasteiger partial charge in [0.05, 0.1) is 6.61 Å². The monoisotopic (exact) mass is 420 g/mol. The van der Waals surface area contributed by atoms with Crippen LogP contribution in [0.3, 0.4) is 0 Å². The number of nitrogens with zero attached hydrogens (tertiary/aromatic N) is 1. The minimum absolute atomic E-state index is 0. The molecule has 0 aliphatic carbocycles. The number of aryl methyl sites for hydroxylation is 2. The van der Waals surface area contributed by atoms with E-state index in [1.54, 1.807) is 6.08 Å². The Morgan fingerprint density at radius 2 is 1.50 bits per heavy atom. The van der Waals surface area contributed by atoms with Gasteiger partial charge in [-0.25, -0.2) is 10.7 Å². The van der Waals surface area contributed by atoms with Gasteiger partial charge in [0.1, 0.15) is 6.61 Å². The van der Waals surface area contributed by atoms with E-state index < -0.39 is 5.97 Å². The number of benzene rings is 2. The molecule has 7 heteroatoms. The third-order valence-electron chi connectivity index (χ3n) is 3.58. The maximum atomic E-state index is 10.4. The fourth-order valence-corrected chi connectivity index (χ4v) is 2.19. The zero-order valence-corrected chi connectivity index (χ0v) is 17.0. The Labute approximate surface area is 200 Å². The SMILES string of the molecule is C/C(=N/OC/C=C/c1cccc(C)c1)C(=O)O.Cc1cccc(/C=C/CON)c1.[NaH]. The molecule has 6 nitrogen and oxygen atoms in total. The Morgan fingerprint density at radius 1 is 1.00 bits per heavy atom. The van der Waals surface area contributed by atoms with Crippen molar-refractivity contribution in [2.24, 2.45) is 11.1 Å². The Hall–Kier alpha value is -2.22. The Kier molecular flexibility index (Phi) is 15.3. The molecule has 0 saturated carbocycles. The van der Waals surface area contributed by atoms with E-state index in [0.29, 0.717) is 6.61 Å². The van der Waals surface area contributed by atoms with Gasteiger partial charge in [0.15, 0.2) is 5.71 Å². The molecule has 0 heterocycles. The van der Waals surface area contributed by atoms with E-state index >= 15 is 0 Å². The number of hydrogen-bond donors (Lipinski definition) is 2. The molecule has 0 fully saturated rings. The van der Waals surface area contributed by atoms with Crippen LogP contribution >= 0.6 is 0 Å². The van der Waals surface area contributed by atoms with Gasteiger partial charge in [-0.3, -0.25) is 0 Å². The van der Waals surface area contributed by atoms with Gasteiger partial charge in [-0.05, 0) is 38.0 Å². The second-order valence-corrected chi connectivity index (χ2v) is 6.24. The van der Waals surface area contributed by atoms with E-state index in [1.807, 2.05) is 61.5 Å². The number of carboxylic acid groups (broad SMARTS) is 1. The number of rotatable bonds is 8. The molecule has 0 amide bonds. The van der Waals surface area contributed by atoms with Crippen molar-refractivity contribution in [2.75, 3.05) is 13.2 Å². The first-order chi connectivity index (χ1) is 13.9. The second kappa shape index (κ2) is 16.6. The summed E-state index contributed by atoms with van der Waals surface area (Å²) in [6, 6.07) is 16.3. The second-order valence-electron chi connectivity index (χ2n) is 6.24. The number of carbonyl (C=O) groups is 1. The van der Waals surface area contributed by atoms with Gasteiger partial charge in [0, 0.05) is 0 Å². The van der Waals surface area contributed by atoms with Crippen molar-refractivity contribution in [1.29, 1.82) is 0 Å². The summed E-state index contributed by atoms with van der Waals surface area (Å²) in [5, 5.41) is 12.0. The topological polar surface area (TPSA) is 94.1 Å². The molecule has 0 unspecified atom stereocenters. The molecular formula is C23H29N2NaO4. The molecule has 0 atom stereocenters. The van der Waals surface area contributed by atoms with Crippen molar-refractivity contribution in [1.82, 2.24) is 0 Å². The van der Waals surface area contributed by atoms with Gasteiger partial charge >= 0.3 is 35.5 Å². The first kappa shape index (κ1) is 27.8. The molecular weight excluding hydrogens is 391 g/mol. The molecule has 0 aromatic heterocycles. The Balaban J connectivity index is 0.000000573. The molecule has 156 valence electrons. The summed E-state index contributed by atoms with van der Waals surface area (Å²) >= 11 is 0. The van der Waals surface area contributed by atoms with Crippen molar-refractivity contribution in [3.8, 4) is 0 Å². The minimum atomic E-state index is -1.08. The molecule has 2 aromatic rings. The van der Waals surface area contributed by atoms with Crippen LogP contribution in [-0.2, 0) is 14.5 Å². The van der Waals surface area contributed by atoms with Gasteiger partial charge in [-0.2, -0.15) is 0 Å². The number of nitrogens with two attached hydrogens (primary N) is 1. The molecule has 0 aliphatic heterocycles. The molecule has 0 spiro atoms. The normalized spacial score (nSPS) is 11.0. The van der Waals surface area contributed by atoms with Gasteiger partial charge in [-0.15, -0.1) is 0 Å². The van der Waals surface area contributed by atoms with Gasteiger partial charge < -0.3 is 14.8 Å². The van der Waals surface area contributed by atoms with Crippen LogP contribution in [-0.4, -0.2) is 59.6 Å². The average molecular weight is 420 g/mol. The van der Waals surface area contributed by atoms with Gasteiger partial charge in [0.25, 0.3) is 0 Å². The maximum absolute atomic E-state index is 10.4. The predicted molar refractivity (Wildman–Crippen MR) is 124 cm³/mol. The molecule has 2 aromatic carbocycles. The van der Waals surface area contributed by atoms with Crippen LogP contribution in [0.25, 0.3) is 12.2 Å². The van der Waals surface area contributed by atoms with Crippen LogP contribution in [0.15, 0.2) is 65.8 Å². The van der Waals surface area contributed by atoms with Crippen LogP contribution in [0.5, 0.6) is 0 Å². The first-order valence-corrected chi connectivity index (χ1v) is 9.10. The molecule has 3 N–H and O–H groups in total. The van der Waals surface area contributed by atoms with Crippen molar-refractivity contribution in [3.05, 3.63) is 82.9 Å². The quantitative estimate of drug-likeness (QED) is 0.294. The first-order valence-electron chi connectivity index (χ1n) is 9.10. The Bertz CT molecular complexity index is 864. The predicted octanol–water partition coefficient (Wildman–Crippen LogP) is 3.74. The van der Waals surface area contributed by atoms with Gasteiger partial charge in [-0.1, -0.05) is 83.0 Å². The van der Waals surface area contributed by atoms with E-state index in [9.17, 15) is 4.79 Å². The third-order valence-corrected chi connectivity index (χ3v) is 3.58. The fraction of sp³-hybridized carbons (Fsp3) is 0.217. The van der Waals surface area contributed by atoms with Crippen LogP contribution < -0.4 is 5.90 Å². The van der Waals surface area contributed by atoms with Crippen molar-refractivity contribution < 1.29 is 19.6 Å². The van der Waals surface area contributed by atoms with E-state index in [1.165, 1.54) is 23.6 Å². The number of hydrogen-bond acceptors (Lipinski definition) is 5. The fourth-order valence-electron chi connectivity index (χ4n) is 2.19. The van der Waals surface area contributed by atoms with Crippen LogP contribution in [0.2, 0.25) is 0 Å². The summed E-state index contributed by atoms with van der Waals surface area (Å²) in [5.41, 5.74) is 4.63. The number of aliphatic carboxylic acids is 1. The summed E-state index contributed by atoms with van der Waals surface area (Å²) in [6.45, 7) is 6.17. The van der Waals surface area contributed by atoms with E-state index in [2.05, 4.69) is 29.0 Å². The van der Waals surface area contributed by atoms with E-state index in [4.69, 9.17) is 15.8 Å². The molecule has 2 rings (SSSR count). The van der Waals surface area contributed by atoms with Crippen molar-refractivity contribution in [3.63, 3.8) is 0 Å². The molecule has 0 aliphatic rings. The molecule has 0 bridgehead atoms. The molecule has 0 radical (unpaired) electrons. The molecule has 0 saturated heterocycles. The average Bonchev–Trinajstić information content (AvgIpc) is 2.68. The Morgan fingerprint density at radius 3 is 1.93 bits per heavy atom. The zero-order valence-electron chi connectivity index (χ0n) is 17.0. The van der Waals surface area contributed by atoms with Crippen LogP contribution in [0.4, 0.5) is 0 Å². The summed E-state index contributed by atoms with van der Waals surface area (Å²) in [6.07, 6.45) is 7.56. The zero-order chi connectivity index (χ0) is 21.5. The van der Waals surface area contributed by atoms with Gasteiger partial charge in [0.2, 0.25) is 0 Å².